The van der Waals surface area contributed by atoms with Gasteiger partial charge in [-0.3, -0.25) is 0 Å². The maximum absolute atomic E-state index is 3.56. The molecule has 0 amide bonds. The van der Waals surface area contributed by atoms with E-state index in [0.717, 1.165) is 6.54 Å². The molecular weight excluding hydrogens is 226 g/mol. The van der Waals surface area contributed by atoms with E-state index in [0.29, 0.717) is 6.04 Å². The van der Waals surface area contributed by atoms with Gasteiger partial charge < -0.3 is 5.32 Å². The standard InChI is InChI=1S/C15H25NS/c1-6-11-16-12(2)13-9-7-8-10-14(13)17-15(3,4)5/h7-10,12,16H,6,11H2,1-5H3. The van der Waals surface area contributed by atoms with Gasteiger partial charge in [0.05, 0.1) is 0 Å². The van der Waals surface area contributed by atoms with E-state index in [-0.39, 0.29) is 4.75 Å². The van der Waals surface area contributed by atoms with Crippen molar-refractivity contribution in [1.29, 1.82) is 0 Å². The lowest BCUT2D eigenvalue weighted by Crippen LogP contribution is -2.20. The zero-order chi connectivity index (χ0) is 12.9. The maximum atomic E-state index is 3.56. The van der Waals surface area contributed by atoms with Gasteiger partial charge in [0, 0.05) is 15.7 Å². The normalized spacial score (nSPS) is 13.7. The second kappa shape index (κ2) is 6.46. The van der Waals surface area contributed by atoms with Gasteiger partial charge in [-0.2, -0.15) is 0 Å². The van der Waals surface area contributed by atoms with Gasteiger partial charge in [-0.25, -0.2) is 0 Å². The topological polar surface area (TPSA) is 12.0 Å². The van der Waals surface area contributed by atoms with Crippen molar-refractivity contribution >= 4 is 11.8 Å². The fourth-order valence-corrected chi connectivity index (χ4v) is 2.90. The molecule has 0 saturated carbocycles. The monoisotopic (exact) mass is 251 g/mol. The van der Waals surface area contributed by atoms with Crippen LogP contribution < -0.4 is 5.32 Å². The van der Waals surface area contributed by atoms with Crippen LogP contribution in [0.5, 0.6) is 0 Å². The van der Waals surface area contributed by atoms with Gasteiger partial charge in [0.2, 0.25) is 0 Å². The van der Waals surface area contributed by atoms with Crippen molar-refractivity contribution in [3.8, 4) is 0 Å². The summed E-state index contributed by atoms with van der Waals surface area (Å²) in [7, 11) is 0. The fourth-order valence-electron chi connectivity index (χ4n) is 1.73. The third-order valence-corrected chi connectivity index (χ3v) is 3.71. The Bertz CT molecular complexity index is 341. The first-order chi connectivity index (χ1) is 7.94. The lowest BCUT2D eigenvalue weighted by atomic mass is 10.1. The summed E-state index contributed by atoms with van der Waals surface area (Å²) >= 11 is 1.95. The second-order valence-electron chi connectivity index (χ2n) is 5.43. The highest BCUT2D eigenvalue weighted by molar-refractivity contribution is 8.00. The molecule has 0 aliphatic heterocycles. The number of nitrogens with one attached hydrogen (secondary N) is 1. The SMILES string of the molecule is CCCNC(C)c1ccccc1SC(C)(C)C. The molecular formula is C15H25NS. The van der Waals surface area contributed by atoms with E-state index in [1.54, 1.807) is 0 Å². The Morgan fingerprint density at radius 1 is 1.24 bits per heavy atom. The first-order valence-electron chi connectivity index (χ1n) is 6.45. The van der Waals surface area contributed by atoms with Crippen molar-refractivity contribution in [2.24, 2.45) is 0 Å². The quantitative estimate of drug-likeness (QED) is 0.765. The van der Waals surface area contributed by atoms with Crippen molar-refractivity contribution in [1.82, 2.24) is 5.32 Å². The molecule has 17 heavy (non-hydrogen) atoms. The minimum absolute atomic E-state index is 0.264. The number of hydrogen-bond donors (Lipinski definition) is 1. The third-order valence-electron chi connectivity index (χ3n) is 2.50. The van der Waals surface area contributed by atoms with E-state index in [1.807, 2.05) is 11.8 Å². The molecule has 0 fully saturated rings. The highest BCUT2D eigenvalue weighted by Gasteiger charge is 2.16. The van der Waals surface area contributed by atoms with Crippen molar-refractivity contribution in [2.75, 3.05) is 6.54 Å². The maximum Gasteiger partial charge on any atom is 0.0302 e. The number of benzene rings is 1. The van der Waals surface area contributed by atoms with Gasteiger partial charge in [0.1, 0.15) is 0 Å². The van der Waals surface area contributed by atoms with Crippen LogP contribution in [0.3, 0.4) is 0 Å². The van der Waals surface area contributed by atoms with Gasteiger partial charge >= 0.3 is 0 Å². The van der Waals surface area contributed by atoms with Crippen molar-refractivity contribution in [2.45, 2.75) is 56.7 Å². The zero-order valence-corrected chi connectivity index (χ0v) is 12.5. The van der Waals surface area contributed by atoms with Gasteiger partial charge in [-0.15, -0.1) is 11.8 Å². The molecule has 1 nitrogen and oxygen atoms in total. The van der Waals surface area contributed by atoms with E-state index in [2.05, 4.69) is 64.2 Å². The predicted molar refractivity (Wildman–Crippen MR) is 78.8 cm³/mol. The summed E-state index contributed by atoms with van der Waals surface area (Å²) in [6, 6.07) is 9.16. The van der Waals surface area contributed by atoms with Crippen LogP contribution in [0.2, 0.25) is 0 Å². The molecule has 0 radical (unpaired) electrons. The minimum Gasteiger partial charge on any atom is -0.310 e. The second-order valence-corrected chi connectivity index (χ2v) is 7.30. The summed E-state index contributed by atoms with van der Waals surface area (Å²) in [6.07, 6.45) is 1.18. The Kier molecular flexibility index (Phi) is 5.54. The fraction of sp³-hybridized carbons (Fsp3) is 0.600. The molecule has 1 aromatic carbocycles. The number of hydrogen-bond acceptors (Lipinski definition) is 2. The Morgan fingerprint density at radius 3 is 2.47 bits per heavy atom. The molecule has 1 N–H and O–H groups in total. The molecule has 1 rings (SSSR count). The highest BCUT2D eigenvalue weighted by atomic mass is 32.2. The molecule has 1 atom stereocenters. The smallest absolute Gasteiger partial charge is 0.0302 e. The van der Waals surface area contributed by atoms with Gasteiger partial charge in [0.25, 0.3) is 0 Å². The van der Waals surface area contributed by atoms with Crippen LogP contribution >= 0.6 is 11.8 Å². The van der Waals surface area contributed by atoms with Gasteiger partial charge in [-0.1, -0.05) is 45.9 Å². The average Bonchev–Trinajstić information content (AvgIpc) is 2.24. The molecule has 0 aromatic heterocycles. The molecule has 0 aliphatic carbocycles. The first kappa shape index (κ1) is 14.6. The van der Waals surface area contributed by atoms with Gasteiger partial charge in [-0.05, 0) is 31.5 Å². The summed E-state index contributed by atoms with van der Waals surface area (Å²) in [4.78, 5) is 1.40. The van der Waals surface area contributed by atoms with E-state index in [4.69, 9.17) is 0 Å². The van der Waals surface area contributed by atoms with E-state index >= 15 is 0 Å². The van der Waals surface area contributed by atoms with Crippen LogP contribution in [-0.2, 0) is 0 Å². The van der Waals surface area contributed by atoms with Crippen LogP contribution in [-0.4, -0.2) is 11.3 Å². The average molecular weight is 251 g/mol. The Labute approximate surface area is 110 Å². The molecule has 0 bridgehead atoms. The Morgan fingerprint density at radius 2 is 1.88 bits per heavy atom. The third kappa shape index (κ3) is 5.13. The highest BCUT2D eigenvalue weighted by Crippen LogP contribution is 2.36. The molecule has 0 heterocycles. The summed E-state index contributed by atoms with van der Waals surface area (Å²) < 4.78 is 0.264. The molecule has 1 aromatic rings. The molecule has 0 aliphatic rings. The van der Waals surface area contributed by atoms with Crippen molar-refractivity contribution < 1.29 is 0 Å². The largest absolute Gasteiger partial charge is 0.310 e. The first-order valence-corrected chi connectivity index (χ1v) is 7.27. The summed E-state index contributed by atoms with van der Waals surface area (Å²) in [5.74, 6) is 0. The van der Waals surface area contributed by atoms with Crippen molar-refractivity contribution in [3.05, 3.63) is 29.8 Å². The van der Waals surface area contributed by atoms with Crippen LogP contribution in [0.4, 0.5) is 0 Å². The van der Waals surface area contributed by atoms with Crippen LogP contribution in [0.1, 0.15) is 52.6 Å². The van der Waals surface area contributed by atoms with E-state index < -0.39 is 0 Å². The summed E-state index contributed by atoms with van der Waals surface area (Å²) in [6.45, 7) is 12.3. The molecule has 0 saturated heterocycles. The Balaban J connectivity index is 2.83. The minimum atomic E-state index is 0.264. The summed E-state index contributed by atoms with van der Waals surface area (Å²) in [5, 5.41) is 3.56. The predicted octanol–water partition coefficient (Wildman–Crippen LogP) is 4.64. The molecule has 1 unspecified atom stereocenters. The summed E-state index contributed by atoms with van der Waals surface area (Å²) in [5.41, 5.74) is 1.42. The zero-order valence-electron chi connectivity index (χ0n) is 11.7. The van der Waals surface area contributed by atoms with Crippen LogP contribution in [0.15, 0.2) is 29.2 Å². The lowest BCUT2D eigenvalue weighted by molar-refractivity contribution is 0.563. The molecule has 96 valence electrons. The lowest BCUT2D eigenvalue weighted by Gasteiger charge is -2.23. The van der Waals surface area contributed by atoms with Crippen LogP contribution in [0, 0.1) is 0 Å². The van der Waals surface area contributed by atoms with Gasteiger partial charge in [0.15, 0.2) is 0 Å². The number of rotatable bonds is 5. The number of thioether (sulfide) groups is 1. The van der Waals surface area contributed by atoms with E-state index in [9.17, 15) is 0 Å². The van der Waals surface area contributed by atoms with Crippen molar-refractivity contribution in [3.63, 3.8) is 0 Å². The van der Waals surface area contributed by atoms with E-state index in [1.165, 1.54) is 16.9 Å². The molecule has 2 heteroatoms. The van der Waals surface area contributed by atoms with Crippen LogP contribution in [0.25, 0.3) is 0 Å². The Hall–Kier alpha value is -0.470. The molecule has 0 spiro atoms.